The van der Waals surface area contributed by atoms with E-state index in [1.807, 2.05) is 31.2 Å². The van der Waals surface area contributed by atoms with Crippen molar-refractivity contribution in [3.8, 4) is 17.2 Å². The van der Waals surface area contributed by atoms with Gasteiger partial charge in [0.2, 0.25) is 0 Å². The molecule has 126 valence electrons. The van der Waals surface area contributed by atoms with Crippen molar-refractivity contribution in [2.45, 2.75) is 13.5 Å². The van der Waals surface area contributed by atoms with Crippen LogP contribution in [0.25, 0.3) is 6.08 Å². The molecule has 0 fully saturated rings. The molecular weight excluding hydrogens is 308 g/mol. The number of aromatic hydroxyl groups is 1. The third-order valence-corrected chi connectivity index (χ3v) is 3.26. The molecule has 0 saturated heterocycles. The van der Waals surface area contributed by atoms with E-state index in [0.717, 1.165) is 11.1 Å². The van der Waals surface area contributed by atoms with Crippen molar-refractivity contribution < 1.29 is 24.1 Å². The molecule has 0 amide bonds. The second-order valence-corrected chi connectivity index (χ2v) is 4.91. The summed E-state index contributed by atoms with van der Waals surface area (Å²) in [5.41, 5.74) is 1.53. The normalized spacial score (nSPS) is 10.6. The Hall–Kier alpha value is -2.95. The highest BCUT2D eigenvalue weighted by atomic mass is 16.5. The van der Waals surface area contributed by atoms with E-state index in [1.165, 1.54) is 19.3 Å². The van der Waals surface area contributed by atoms with Gasteiger partial charge in [-0.05, 0) is 36.8 Å². The molecule has 0 aliphatic rings. The Morgan fingerprint density at radius 1 is 1.17 bits per heavy atom. The third kappa shape index (κ3) is 4.78. The molecule has 5 heteroatoms. The van der Waals surface area contributed by atoms with Crippen LogP contribution in [0.2, 0.25) is 0 Å². The lowest BCUT2D eigenvalue weighted by Crippen LogP contribution is -2.03. The van der Waals surface area contributed by atoms with Gasteiger partial charge >= 0.3 is 5.97 Å². The number of ether oxygens (including phenoxy) is 3. The number of phenolic OH excluding ortho intramolecular Hbond substituents is 1. The van der Waals surface area contributed by atoms with E-state index in [0.29, 0.717) is 18.1 Å². The number of benzene rings is 2. The molecule has 0 aliphatic carbocycles. The zero-order chi connectivity index (χ0) is 17.4. The second kappa shape index (κ2) is 8.62. The van der Waals surface area contributed by atoms with E-state index in [1.54, 1.807) is 18.2 Å². The lowest BCUT2D eigenvalue weighted by atomic mass is 10.2. The largest absolute Gasteiger partial charge is 0.504 e. The molecule has 0 aliphatic heterocycles. The molecule has 1 N–H and O–H groups in total. The summed E-state index contributed by atoms with van der Waals surface area (Å²) >= 11 is 0. The number of esters is 1. The highest BCUT2D eigenvalue weighted by Crippen LogP contribution is 2.26. The van der Waals surface area contributed by atoms with Crippen molar-refractivity contribution >= 4 is 12.0 Å². The van der Waals surface area contributed by atoms with Crippen LogP contribution in [0, 0.1) is 0 Å². The molecule has 0 spiro atoms. The average Bonchev–Trinajstić information content (AvgIpc) is 2.60. The number of carbonyl (C=O) groups excluding carboxylic acids is 1. The minimum Gasteiger partial charge on any atom is -0.504 e. The van der Waals surface area contributed by atoms with Crippen molar-refractivity contribution in [3.05, 3.63) is 59.7 Å². The fourth-order valence-corrected chi connectivity index (χ4v) is 2.08. The minimum atomic E-state index is -0.464. The number of methoxy groups -OCH3 is 1. The quantitative estimate of drug-likeness (QED) is 0.622. The van der Waals surface area contributed by atoms with Crippen LogP contribution in [-0.2, 0) is 16.1 Å². The van der Waals surface area contributed by atoms with Gasteiger partial charge < -0.3 is 19.3 Å². The van der Waals surface area contributed by atoms with Crippen molar-refractivity contribution in [1.82, 2.24) is 0 Å². The Morgan fingerprint density at radius 2 is 1.96 bits per heavy atom. The minimum absolute atomic E-state index is 0.0461. The molecule has 0 aromatic heterocycles. The second-order valence-electron chi connectivity index (χ2n) is 4.91. The van der Waals surface area contributed by atoms with Gasteiger partial charge in [-0.3, -0.25) is 0 Å². The first-order valence-corrected chi connectivity index (χ1v) is 7.56. The van der Waals surface area contributed by atoms with Crippen molar-refractivity contribution in [2.75, 3.05) is 13.7 Å². The molecule has 0 heterocycles. The first-order chi connectivity index (χ1) is 11.6. The molecule has 2 aromatic rings. The van der Waals surface area contributed by atoms with Gasteiger partial charge in [0, 0.05) is 11.6 Å². The fraction of sp³-hybridized carbons (Fsp3) is 0.211. The zero-order valence-corrected chi connectivity index (χ0v) is 13.7. The Bertz CT molecular complexity index is 721. The lowest BCUT2D eigenvalue weighted by molar-refractivity contribution is -0.138. The molecule has 5 nitrogen and oxygen atoms in total. The molecular formula is C19H20O5. The summed E-state index contributed by atoms with van der Waals surface area (Å²) in [6, 6.07) is 12.2. The summed E-state index contributed by atoms with van der Waals surface area (Å²) in [6.45, 7) is 2.59. The standard InChI is InChI=1S/C19H20O5/c1-3-23-17-7-5-4-6-15(17)13-24-19(21)11-9-14-8-10-16(20)18(12-14)22-2/h4-12,20H,3,13H2,1-2H3/b11-9+. The smallest absolute Gasteiger partial charge is 0.331 e. The summed E-state index contributed by atoms with van der Waals surface area (Å²) in [6.07, 6.45) is 2.92. The van der Waals surface area contributed by atoms with E-state index >= 15 is 0 Å². The Balaban J connectivity index is 1.96. The van der Waals surface area contributed by atoms with Crippen molar-refractivity contribution in [3.63, 3.8) is 0 Å². The van der Waals surface area contributed by atoms with Crippen LogP contribution in [0.5, 0.6) is 17.2 Å². The van der Waals surface area contributed by atoms with E-state index in [-0.39, 0.29) is 12.4 Å². The SMILES string of the molecule is CCOc1ccccc1COC(=O)/C=C/c1ccc(O)c(OC)c1. The van der Waals surface area contributed by atoms with E-state index < -0.39 is 5.97 Å². The summed E-state index contributed by atoms with van der Waals surface area (Å²) in [4.78, 5) is 11.8. The fourth-order valence-electron chi connectivity index (χ4n) is 2.08. The van der Waals surface area contributed by atoms with Gasteiger partial charge in [0.15, 0.2) is 11.5 Å². The zero-order valence-electron chi connectivity index (χ0n) is 13.7. The predicted octanol–water partition coefficient (Wildman–Crippen LogP) is 3.56. The van der Waals surface area contributed by atoms with Crippen LogP contribution >= 0.6 is 0 Å². The maximum absolute atomic E-state index is 11.8. The maximum Gasteiger partial charge on any atom is 0.331 e. The Kier molecular flexibility index (Phi) is 6.25. The van der Waals surface area contributed by atoms with Crippen molar-refractivity contribution in [1.29, 1.82) is 0 Å². The van der Waals surface area contributed by atoms with E-state index in [2.05, 4.69) is 0 Å². The topological polar surface area (TPSA) is 65.0 Å². The van der Waals surface area contributed by atoms with E-state index in [9.17, 15) is 9.90 Å². The molecule has 24 heavy (non-hydrogen) atoms. The van der Waals surface area contributed by atoms with Crippen LogP contribution in [0.3, 0.4) is 0 Å². The average molecular weight is 328 g/mol. The van der Waals surface area contributed by atoms with Crippen LogP contribution < -0.4 is 9.47 Å². The monoisotopic (exact) mass is 328 g/mol. The van der Waals surface area contributed by atoms with E-state index in [4.69, 9.17) is 14.2 Å². The van der Waals surface area contributed by atoms with Gasteiger partial charge in [-0.2, -0.15) is 0 Å². The lowest BCUT2D eigenvalue weighted by Gasteiger charge is -2.09. The van der Waals surface area contributed by atoms with Crippen LogP contribution in [0.15, 0.2) is 48.5 Å². The highest BCUT2D eigenvalue weighted by Gasteiger charge is 2.05. The van der Waals surface area contributed by atoms with Gasteiger partial charge in [-0.15, -0.1) is 0 Å². The first-order valence-electron chi connectivity index (χ1n) is 7.56. The molecule has 0 atom stereocenters. The van der Waals surface area contributed by atoms with Crippen LogP contribution in [0.4, 0.5) is 0 Å². The Labute approximate surface area is 141 Å². The molecule has 0 saturated carbocycles. The number of phenols is 1. The number of hydrogen-bond donors (Lipinski definition) is 1. The van der Waals surface area contributed by atoms with Crippen molar-refractivity contribution in [2.24, 2.45) is 0 Å². The third-order valence-electron chi connectivity index (χ3n) is 3.26. The predicted molar refractivity (Wildman–Crippen MR) is 91.1 cm³/mol. The van der Waals surface area contributed by atoms with Gasteiger partial charge in [-0.25, -0.2) is 4.79 Å². The molecule has 2 rings (SSSR count). The summed E-state index contributed by atoms with van der Waals surface area (Å²) in [5.74, 6) is 0.634. The summed E-state index contributed by atoms with van der Waals surface area (Å²) < 4.78 is 15.7. The van der Waals surface area contributed by atoms with Crippen LogP contribution in [-0.4, -0.2) is 24.8 Å². The molecule has 0 radical (unpaired) electrons. The Morgan fingerprint density at radius 3 is 2.71 bits per heavy atom. The number of carbonyl (C=O) groups is 1. The van der Waals surface area contributed by atoms with Gasteiger partial charge in [0.25, 0.3) is 0 Å². The number of para-hydroxylation sites is 1. The highest BCUT2D eigenvalue weighted by molar-refractivity contribution is 5.87. The first kappa shape index (κ1) is 17.4. The number of rotatable bonds is 7. The molecule has 0 bridgehead atoms. The number of hydrogen-bond acceptors (Lipinski definition) is 5. The molecule has 2 aromatic carbocycles. The van der Waals surface area contributed by atoms with Crippen LogP contribution in [0.1, 0.15) is 18.1 Å². The summed E-state index contributed by atoms with van der Waals surface area (Å²) in [5, 5.41) is 9.54. The maximum atomic E-state index is 11.8. The van der Waals surface area contributed by atoms with Gasteiger partial charge in [0.05, 0.1) is 13.7 Å². The summed E-state index contributed by atoms with van der Waals surface area (Å²) in [7, 11) is 1.46. The van der Waals surface area contributed by atoms with Gasteiger partial charge in [0.1, 0.15) is 12.4 Å². The molecule has 0 unspecified atom stereocenters. The van der Waals surface area contributed by atoms with Gasteiger partial charge in [-0.1, -0.05) is 24.3 Å².